The molecule has 2 N–H and O–H groups in total. The maximum atomic E-state index is 11.0. The normalized spacial score (nSPS) is 11.2. The number of aryl methyl sites for hydroxylation is 4. The highest BCUT2D eigenvalue weighted by atomic mass is 32.2. The second kappa shape index (κ2) is 13.7. The van der Waals surface area contributed by atoms with Crippen LogP contribution in [0.15, 0.2) is 34.1 Å². The van der Waals surface area contributed by atoms with E-state index in [9.17, 15) is 10.2 Å². The van der Waals surface area contributed by atoms with E-state index in [2.05, 4.69) is 52.0 Å². The van der Waals surface area contributed by atoms with Crippen molar-refractivity contribution in [2.45, 2.75) is 115 Å². The van der Waals surface area contributed by atoms with E-state index in [-0.39, 0.29) is 0 Å². The van der Waals surface area contributed by atoms with E-state index in [1.54, 1.807) is 0 Å². The Kier molecular flexibility index (Phi) is 11.4. The second-order valence-corrected chi connectivity index (χ2v) is 9.80. The molecule has 0 radical (unpaired) electrons. The molecule has 0 aliphatic carbocycles. The Balaban J connectivity index is 2.43. The van der Waals surface area contributed by atoms with Gasteiger partial charge in [-0.1, -0.05) is 77.3 Å². The van der Waals surface area contributed by atoms with Gasteiger partial charge in [0.1, 0.15) is 11.5 Å². The van der Waals surface area contributed by atoms with Gasteiger partial charge in [0, 0.05) is 0 Å². The lowest BCUT2D eigenvalue weighted by molar-refractivity contribution is 0.450. The number of benzene rings is 2. The van der Waals surface area contributed by atoms with Gasteiger partial charge in [0.05, 0.1) is 9.79 Å². The molecule has 172 valence electrons. The second-order valence-electron chi connectivity index (χ2n) is 8.72. The first kappa shape index (κ1) is 25.6. The molecule has 0 saturated heterocycles. The van der Waals surface area contributed by atoms with Crippen LogP contribution in [0.1, 0.15) is 101 Å². The maximum absolute atomic E-state index is 11.0. The number of aromatic hydroxyl groups is 2. The highest BCUT2D eigenvalue weighted by Gasteiger charge is 2.16. The van der Waals surface area contributed by atoms with Crippen molar-refractivity contribution in [1.82, 2.24) is 0 Å². The van der Waals surface area contributed by atoms with Gasteiger partial charge in [-0.2, -0.15) is 0 Å². The first-order valence-corrected chi connectivity index (χ1v) is 13.2. The minimum Gasteiger partial charge on any atom is -0.506 e. The summed E-state index contributed by atoms with van der Waals surface area (Å²) < 4.78 is 0. The van der Waals surface area contributed by atoms with Crippen molar-refractivity contribution in [3.8, 4) is 11.5 Å². The zero-order valence-corrected chi connectivity index (χ0v) is 20.9. The summed E-state index contributed by atoms with van der Waals surface area (Å²) in [7, 11) is 0. The van der Waals surface area contributed by atoms with Crippen LogP contribution in [-0.4, -0.2) is 10.2 Å². The Morgan fingerprint density at radius 2 is 0.903 bits per heavy atom. The third kappa shape index (κ3) is 7.79. The van der Waals surface area contributed by atoms with Crippen LogP contribution in [0, 0.1) is 0 Å². The van der Waals surface area contributed by atoms with Gasteiger partial charge in [-0.3, -0.25) is 0 Å². The highest BCUT2D eigenvalue weighted by molar-refractivity contribution is 7.99. The van der Waals surface area contributed by atoms with E-state index in [1.165, 1.54) is 22.9 Å². The number of phenols is 2. The molecule has 0 unspecified atom stereocenters. The molecule has 31 heavy (non-hydrogen) atoms. The third-order valence-corrected chi connectivity index (χ3v) is 6.95. The Hall–Kier alpha value is -1.61. The summed E-state index contributed by atoms with van der Waals surface area (Å²) in [6, 6.07) is 8.65. The van der Waals surface area contributed by atoms with Gasteiger partial charge in [0.2, 0.25) is 0 Å². The molecular formula is C28H42O2S. The van der Waals surface area contributed by atoms with Crippen LogP contribution in [-0.2, 0) is 25.7 Å². The summed E-state index contributed by atoms with van der Waals surface area (Å²) in [5.41, 5.74) is 4.68. The average Bonchev–Trinajstić information content (AvgIpc) is 2.77. The SMILES string of the molecule is CCCCc1cc(CCCC)c(O)c(Sc2cc(CCCC)cc(CCCC)c2O)c1. The summed E-state index contributed by atoms with van der Waals surface area (Å²) in [5, 5.41) is 22.1. The Bertz CT molecular complexity index is 746. The van der Waals surface area contributed by atoms with Gasteiger partial charge in [-0.25, -0.2) is 0 Å². The molecule has 0 fully saturated rings. The van der Waals surface area contributed by atoms with Gasteiger partial charge in [0.25, 0.3) is 0 Å². The largest absolute Gasteiger partial charge is 0.506 e. The van der Waals surface area contributed by atoms with Crippen molar-refractivity contribution < 1.29 is 10.2 Å². The molecule has 2 aromatic carbocycles. The molecule has 0 aliphatic rings. The Labute approximate surface area is 194 Å². The fourth-order valence-corrected chi connectivity index (χ4v) is 5.01. The van der Waals surface area contributed by atoms with Crippen LogP contribution < -0.4 is 0 Å². The van der Waals surface area contributed by atoms with Crippen molar-refractivity contribution >= 4 is 11.8 Å². The van der Waals surface area contributed by atoms with Crippen molar-refractivity contribution in [3.63, 3.8) is 0 Å². The monoisotopic (exact) mass is 442 g/mol. The van der Waals surface area contributed by atoms with Crippen molar-refractivity contribution in [2.75, 3.05) is 0 Å². The number of hydrogen-bond donors (Lipinski definition) is 2. The summed E-state index contributed by atoms with van der Waals surface area (Å²) >= 11 is 1.53. The van der Waals surface area contributed by atoms with Crippen LogP contribution in [0.3, 0.4) is 0 Å². The van der Waals surface area contributed by atoms with Crippen LogP contribution >= 0.6 is 11.8 Å². The predicted octanol–water partition coefficient (Wildman–Crippen LogP) is 8.62. The van der Waals surface area contributed by atoms with Crippen molar-refractivity contribution in [2.24, 2.45) is 0 Å². The molecule has 2 rings (SSSR count). The number of phenolic OH excluding ortho intramolecular Hbond substituents is 2. The highest BCUT2D eigenvalue weighted by Crippen LogP contribution is 2.43. The maximum Gasteiger partial charge on any atom is 0.132 e. The van der Waals surface area contributed by atoms with Gasteiger partial charge in [0.15, 0.2) is 0 Å². The Morgan fingerprint density at radius 3 is 1.26 bits per heavy atom. The predicted molar refractivity (Wildman–Crippen MR) is 135 cm³/mol. The smallest absolute Gasteiger partial charge is 0.132 e. The third-order valence-electron chi connectivity index (χ3n) is 5.88. The molecule has 2 aromatic rings. The van der Waals surface area contributed by atoms with Crippen LogP contribution in [0.2, 0.25) is 0 Å². The first-order valence-electron chi connectivity index (χ1n) is 12.4. The number of hydrogen-bond acceptors (Lipinski definition) is 3. The van der Waals surface area contributed by atoms with Gasteiger partial charge < -0.3 is 10.2 Å². The van der Waals surface area contributed by atoms with E-state index in [0.717, 1.165) is 98.0 Å². The molecule has 0 amide bonds. The van der Waals surface area contributed by atoms with E-state index in [4.69, 9.17) is 0 Å². The molecule has 0 aliphatic heterocycles. The first-order chi connectivity index (χ1) is 15.0. The standard InChI is InChI=1S/C28H42O2S/c1-5-9-13-21-17-23(15-11-7-3)27(29)25(19-21)31-26-20-22(14-10-6-2)18-24(28(26)30)16-12-8-4/h17-20,29-30H,5-16H2,1-4H3. The fourth-order valence-electron chi connectivity index (χ4n) is 3.90. The minimum atomic E-state index is 0.396. The lowest BCUT2D eigenvalue weighted by Crippen LogP contribution is -1.95. The lowest BCUT2D eigenvalue weighted by atomic mass is 10.0. The van der Waals surface area contributed by atoms with Gasteiger partial charge >= 0.3 is 0 Å². The van der Waals surface area contributed by atoms with Gasteiger partial charge in [-0.15, -0.1) is 0 Å². The molecule has 0 bridgehead atoms. The summed E-state index contributed by atoms with van der Waals surface area (Å²) in [4.78, 5) is 1.76. The quantitative estimate of drug-likeness (QED) is 0.307. The van der Waals surface area contributed by atoms with Crippen LogP contribution in [0.5, 0.6) is 11.5 Å². The van der Waals surface area contributed by atoms with E-state index < -0.39 is 0 Å². The molecule has 0 aromatic heterocycles. The average molecular weight is 443 g/mol. The van der Waals surface area contributed by atoms with Crippen LogP contribution in [0.4, 0.5) is 0 Å². The molecule has 0 atom stereocenters. The van der Waals surface area contributed by atoms with Gasteiger partial charge in [-0.05, 0) is 85.8 Å². The molecular weight excluding hydrogens is 400 g/mol. The number of unbranched alkanes of at least 4 members (excludes halogenated alkanes) is 4. The molecule has 0 spiro atoms. The zero-order chi connectivity index (χ0) is 22.6. The topological polar surface area (TPSA) is 40.5 Å². The fraction of sp³-hybridized carbons (Fsp3) is 0.571. The van der Waals surface area contributed by atoms with Crippen molar-refractivity contribution in [3.05, 3.63) is 46.5 Å². The summed E-state index contributed by atoms with van der Waals surface area (Å²) in [6.07, 6.45) is 12.9. The van der Waals surface area contributed by atoms with E-state index in [1.807, 2.05) is 0 Å². The zero-order valence-electron chi connectivity index (χ0n) is 20.1. The van der Waals surface area contributed by atoms with E-state index in [0.29, 0.717) is 11.5 Å². The van der Waals surface area contributed by atoms with Crippen molar-refractivity contribution in [1.29, 1.82) is 0 Å². The molecule has 0 heterocycles. The minimum absolute atomic E-state index is 0.396. The number of rotatable bonds is 14. The van der Waals surface area contributed by atoms with E-state index >= 15 is 0 Å². The molecule has 0 saturated carbocycles. The molecule has 3 heteroatoms. The lowest BCUT2D eigenvalue weighted by Gasteiger charge is -2.16. The summed E-state index contributed by atoms with van der Waals surface area (Å²) in [6.45, 7) is 8.80. The summed E-state index contributed by atoms with van der Waals surface area (Å²) in [5.74, 6) is 0.791. The molecule has 2 nitrogen and oxygen atoms in total. The van der Waals surface area contributed by atoms with Crippen LogP contribution in [0.25, 0.3) is 0 Å². The Morgan fingerprint density at radius 1 is 0.548 bits per heavy atom.